The summed E-state index contributed by atoms with van der Waals surface area (Å²) < 4.78 is 116. The lowest BCUT2D eigenvalue weighted by Crippen LogP contribution is -2.24. The van der Waals surface area contributed by atoms with Gasteiger partial charge in [0.25, 0.3) is 10.1 Å². The Morgan fingerprint density at radius 1 is 0.505 bits per heavy atom. The van der Waals surface area contributed by atoms with Crippen LogP contribution in [0.1, 0.15) is 67.7 Å². The molecule has 0 bridgehead atoms. The molecule has 5 N–H and O–H groups in total. The standard InChI is InChI=1S/C15H20N2O2S.C15H25NO4S2.C14H22FNOS.C14H23NO2S.C10H15NOS.C6H14FNS.C3H7BrO.CH3ClO2S.ClH/c1-4-11-16-20(18,19)15-10-6-7-12-13(15)8-5-9-14(12)17(2)3;1-16(9-4-11-20-22(3,17)18)10-12-21-13-14-5-7-15(19-2)8-6-14;1-16(9-3-8-15)10-11-18-12-13-4-6-14(17-2)7-5-13;1-15(8-3-10-16)9-11-18-12-13-4-6-14(17-2)7-5-13;1-12-10-4-2-9(3-5-10)8-13-7-6-11;1-8(5-6-9)4-2-3-7;4-2-1-3-5;1-5(2,3)4;/h5-10,16H,4,11H2,1-3H3;5-8H,4,9-13H2,1-3H3;4-7H,3,8-12H2,1-2H3;4-7,16H,3,8-12H2,1-2H3;2-5H,6-8,11H2,1H3;9H,2-6H2,1H3;5H,1-3H2;1H3;1H. The zero-order valence-corrected chi connectivity index (χ0v) is 77.3. The number of nitrogens with two attached hydrogens (primary N) is 1. The largest absolute Gasteiger partial charge is 0.497 e. The van der Waals surface area contributed by atoms with E-state index in [0.29, 0.717) is 37.3 Å². The molecule has 0 spiro atoms. The van der Waals surface area contributed by atoms with Crippen molar-refractivity contribution in [2.45, 2.75) is 73.4 Å². The number of aliphatic hydroxyl groups is 2. The number of thioether (sulfide) groups is 4. The first-order valence-corrected chi connectivity index (χ1v) is 48.6. The van der Waals surface area contributed by atoms with Gasteiger partial charge < -0.3 is 59.4 Å². The molecule has 0 amide bonds. The van der Waals surface area contributed by atoms with Gasteiger partial charge in [0.05, 0.1) is 65.8 Å². The van der Waals surface area contributed by atoms with E-state index in [1.54, 1.807) is 40.6 Å². The Bertz CT molecular complexity index is 3450. The quantitative estimate of drug-likeness (QED) is 0.00784. The molecule has 0 heterocycles. The van der Waals surface area contributed by atoms with Gasteiger partial charge in [-0.3, -0.25) is 13.0 Å². The molecule has 0 aliphatic carbocycles. The molecule has 0 atom stereocenters. The third-order valence-corrected chi connectivity index (χ3v) is 21.8. The fraction of sp³-hybridized carbons (Fsp3) is 0.564. The molecule has 0 unspecified atom stereocenters. The maximum Gasteiger partial charge on any atom is 0.264 e. The summed E-state index contributed by atoms with van der Waals surface area (Å²) in [6, 6.07) is 43.8. The molecule has 0 saturated carbocycles. The minimum Gasteiger partial charge on any atom is -0.497 e. The van der Waals surface area contributed by atoms with E-state index in [2.05, 4.69) is 119 Å². The summed E-state index contributed by atoms with van der Waals surface area (Å²) in [5, 5.41) is 19.4. The van der Waals surface area contributed by atoms with Crippen molar-refractivity contribution in [3.63, 3.8) is 0 Å². The number of fused-ring (bicyclic) bond motifs is 1. The second kappa shape index (κ2) is 72.0. The highest BCUT2D eigenvalue weighted by atomic mass is 79.9. The Hall–Kier alpha value is -3.26. The topological polar surface area (TPSA) is 243 Å². The highest BCUT2D eigenvalue weighted by Gasteiger charge is 2.18. The molecule has 0 aliphatic heterocycles. The lowest BCUT2D eigenvalue weighted by atomic mass is 10.1. The van der Waals surface area contributed by atoms with Gasteiger partial charge in [-0.05, 0) is 150 Å². The van der Waals surface area contributed by atoms with E-state index >= 15 is 0 Å². The van der Waals surface area contributed by atoms with Crippen molar-refractivity contribution in [1.82, 2.24) is 24.3 Å². The van der Waals surface area contributed by atoms with Crippen LogP contribution in [0.15, 0.2) is 138 Å². The number of thiol groups is 1. The van der Waals surface area contributed by atoms with Crippen LogP contribution in [0.4, 0.5) is 14.5 Å². The second-order valence-corrected chi connectivity index (χ2v) is 36.8. The van der Waals surface area contributed by atoms with Crippen LogP contribution in [-0.4, -0.2) is 271 Å². The van der Waals surface area contributed by atoms with Crippen molar-refractivity contribution < 1.29 is 67.4 Å². The van der Waals surface area contributed by atoms with Gasteiger partial charge in [-0.1, -0.05) is 95.7 Å². The highest BCUT2D eigenvalue weighted by Crippen LogP contribution is 2.30. The molecule has 111 heavy (non-hydrogen) atoms. The number of rotatable bonds is 46. The van der Waals surface area contributed by atoms with Gasteiger partial charge in [0.1, 0.15) is 23.0 Å². The normalized spacial score (nSPS) is 10.9. The minimum absolute atomic E-state index is 0. The predicted molar refractivity (Wildman–Crippen MR) is 485 cm³/mol. The Morgan fingerprint density at radius 2 is 0.847 bits per heavy atom. The number of nitrogens with one attached hydrogen (secondary N) is 1. The van der Waals surface area contributed by atoms with Crippen molar-refractivity contribution in [2.24, 2.45) is 5.73 Å². The molecule has 6 aromatic rings. The maximum atomic E-state index is 12.4. The summed E-state index contributed by atoms with van der Waals surface area (Å²) in [6.45, 7) is 11.0. The molecule has 0 radical (unpaired) electrons. The molecule has 20 nitrogen and oxygen atoms in total. The number of hydrogen-bond acceptors (Lipinski definition) is 24. The Balaban J connectivity index is -0.00000124. The van der Waals surface area contributed by atoms with Gasteiger partial charge in [0.15, 0.2) is 0 Å². The molecule has 0 fully saturated rings. The van der Waals surface area contributed by atoms with Gasteiger partial charge in [0, 0.05) is 177 Å². The average molecular weight is 1820 g/mol. The molecule has 6 rings (SSSR count). The number of hydrogen-bond donors (Lipinski definition) is 5. The summed E-state index contributed by atoms with van der Waals surface area (Å²) in [4.78, 5) is 11.0. The summed E-state index contributed by atoms with van der Waals surface area (Å²) in [5.41, 5.74) is 11.7. The summed E-state index contributed by atoms with van der Waals surface area (Å²) in [6.07, 6.45) is 6.49. The number of halogens is 5. The molecule has 6 aromatic carbocycles. The number of nitrogens with zero attached hydrogens (tertiary/aromatic N) is 5. The molecular formula is C78H130BrCl2F2N7O13S8. The lowest BCUT2D eigenvalue weighted by Gasteiger charge is -2.17. The highest BCUT2D eigenvalue weighted by molar-refractivity contribution is 9.09. The van der Waals surface area contributed by atoms with Crippen molar-refractivity contribution in [3.05, 3.63) is 156 Å². The number of alkyl halides is 3. The molecule has 0 aromatic heterocycles. The number of anilines is 1. The van der Waals surface area contributed by atoms with Gasteiger partial charge in [-0.15, -0.1) is 12.4 Å². The number of methoxy groups -OCH3 is 4. The van der Waals surface area contributed by atoms with Crippen LogP contribution in [0.25, 0.3) is 10.8 Å². The van der Waals surface area contributed by atoms with E-state index in [9.17, 15) is 34.0 Å². The van der Waals surface area contributed by atoms with Gasteiger partial charge >= 0.3 is 0 Å². The van der Waals surface area contributed by atoms with Crippen LogP contribution in [0.5, 0.6) is 23.0 Å². The van der Waals surface area contributed by atoms with Crippen LogP contribution in [0, 0.1) is 0 Å². The van der Waals surface area contributed by atoms with Crippen LogP contribution < -0.4 is 34.3 Å². The zero-order valence-electron chi connectivity index (χ0n) is 67.5. The first kappa shape index (κ1) is 112. The second-order valence-electron chi connectivity index (χ2n) is 24.7. The predicted octanol–water partition coefficient (Wildman–Crippen LogP) is 14.7. The fourth-order valence-corrected chi connectivity index (χ4v) is 15.0. The monoisotopic (exact) mass is 1820 g/mol. The average Bonchev–Trinajstić information content (AvgIpc) is 0.777. The van der Waals surface area contributed by atoms with E-state index in [1.165, 1.54) is 22.3 Å². The number of ether oxygens (including phenoxy) is 4. The lowest BCUT2D eigenvalue weighted by molar-refractivity contribution is 0.252. The van der Waals surface area contributed by atoms with Gasteiger partial charge in [-0.2, -0.15) is 68.1 Å². The third kappa shape index (κ3) is 64.5. The van der Waals surface area contributed by atoms with Gasteiger partial charge in [-0.25, -0.2) is 21.6 Å². The van der Waals surface area contributed by atoms with Crippen molar-refractivity contribution >= 4 is 144 Å². The third-order valence-electron chi connectivity index (χ3n) is 14.8. The SMILES string of the molecule is CCCNS(=O)(=O)c1cccc2c(N(C)C)cccc12.CN(CCS)CCCF.COc1ccc(CSCCN(C)CCCF)cc1.COc1ccc(CSCCN(C)CCCO)cc1.COc1ccc(CSCCN(C)CCCOS(C)(=O)=O)cc1.COc1ccc(CSCCN)cc1.CS(=O)(=O)Cl.Cl.OCCCBr. The summed E-state index contributed by atoms with van der Waals surface area (Å²) in [7, 11) is 13.3. The fourth-order valence-electron chi connectivity index (χ4n) is 8.82. The summed E-state index contributed by atoms with van der Waals surface area (Å²) >= 11 is 14.8. The van der Waals surface area contributed by atoms with Crippen LogP contribution in [-0.2, 0) is 56.4 Å². The minimum atomic E-state index is -3.46. The number of sulfonamides is 1. The van der Waals surface area contributed by atoms with Crippen LogP contribution in [0.3, 0.4) is 0 Å². The van der Waals surface area contributed by atoms with E-state index in [1.807, 2.05) is 167 Å². The van der Waals surface area contributed by atoms with E-state index in [0.717, 1.165) is 187 Å². The Labute approximate surface area is 708 Å². The van der Waals surface area contributed by atoms with Crippen LogP contribution in [0.2, 0.25) is 0 Å². The molecule has 33 heteroatoms. The number of aliphatic hydroxyl groups excluding tert-OH is 2. The maximum absolute atomic E-state index is 12.4. The smallest absolute Gasteiger partial charge is 0.264 e. The van der Waals surface area contributed by atoms with Crippen molar-refractivity contribution in [2.75, 3.05) is 221 Å². The molecular weight excluding hydrogens is 1690 g/mol. The molecule has 0 aliphatic rings. The number of benzene rings is 6. The van der Waals surface area contributed by atoms with Gasteiger partial charge in [0.2, 0.25) is 19.1 Å². The first-order chi connectivity index (χ1) is 52.5. The van der Waals surface area contributed by atoms with E-state index < -0.39 is 29.2 Å². The van der Waals surface area contributed by atoms with Crippen molar-refractivity contribution in [3.8, 4) is 23.0 Å². The Morgan fingerprint density at radius 3 is 1.15 bits per heavy atom. The Kier molecular flexibility index (Phi) is 72.6. The zero-order chi connectivity index (χ0) is 82.9. The van der Waals surface area contributed by atoms with E-state index in [-0.39, 0.29) is 39.0 Å². The summed E-state index contributed by atoms with van der Waals surface area (Å²) in [5.74, 6) is 12.8. The molecule has 0 saturated heterocycles. The van der Waals surface area contributed by atoms with Crippen LogP contribution >= 0.6 is 98.7 Å². The first-order valence-electron chi connectivity index (χ1n) is 36.2. The van der Waals surface area contributed by atoms with Crippen molar-refractivity contribution in [1.29, 1.82) is 0 Å². The van der Waals surface area contributed by atoms with E-state index in [4.69, 9.17) is 39.1 Å². The molecule has 638 valence electrons.